The lowest BCUT2D eigenvalue weighted by atomic mass is 10.1. The van der Waals surface area contributed by atoms with Gasteiger partial charge < -0.3 is 28.4 Å². The van der Waals surface area contributed by atoms with E-state index in [0.29, 0.717) is 6.61 Å². The van der Waals surface area contributed by atoms with E-state index in [0.717, 1.165) is 5.56 Å². The molecule has 0 spiro atoms. The Morgan fingerprint density at radius 2 is 1.96 bits per heavy atom. The van der Waals surface area contributed by atoms with Crippen molar-refractivity contribution >= 4 is 6.16 Å². The number of cyclic esters (lactones) is 2. The van der Waals surface area contributed by atoms with Crippen LogP contribution in [0.5, 0.6) is 0 Å². The number of hydrogen-bond acceptors (Lipinski definition) is 7. The van der Waals surface area contributed by atoms with Gasteiger partial charge in [-0.15, -0.1) is 0 Å². The van der Waals surface area contributed by atoms with E-state index in [2.05, 4.69) is 0 Å². The van der Waals surface area contributed by atoms with Crippen molar-refractivity contribution in [1.82, 2.24) is 0 Å². The van der Waals surface area contributed by atoms with Crippen LogP contribution >= 0.6 is 0 Å². The molecule has 3 aliphatic rings. The second-order valence-electron chi connectivity index (χ2n) is 6.55. The highest BCUT2D eigenvalue weighted by Gasteiger charge is 2.58. The minimum absolute atomic E-state index is 0.136. The van der Waals surface area contributed by atoms with Crippen molar-refractivity contribution < 1.29 is 33.2 Å². The summed E-state index contributed by atoms with van der Waals surface area (Å²) in [4.78, 5) is 11.2. The van der Waals surface area contributed by atoms with Gasteiger partial charge in [-0.2, -0.15) is 0 Å². The van der Waals surface area contributed by atoms with Gasteiger partial charge in [-0.05, 0) is 19.4 Å². The first kappa shape index (κ1) is 15.8. The smallest absolute Gasteiger partial charge is 0.430 e. The zero-order valence-electron chi connectivity index (χ0n) is 13.5. The first-order chi connectivity index (χ1) is 11.5. The van der Waals surface area contributed by atoms with Crippen molar-refractivity contribution in [2.75, 3.05) is 6.61 Å². The third kappa shape index (κ3) is 3.00. The lowest BCUT2D eigenvalue weighted by Gasteiger charge is -2.27. The van der Waals surface area contributed by atoms with E-state index < -0.39 is 36.5 Å². The zero-order chi connectivity index (χ0) is 16.7. The van der Waals surface area contributed by atoms with E-state index in [1.54, 1.807) is 0 Å². The molecule has 0 saturated carbocycles. The molecule has 0 amide bonds. The maximum Gasteiger partial charge on any atom is 0.508 e. The van der Waals surface area contributed by atoms with Gasteiger partial charge in [0.15, 0.2) is 18.2 Å². The fourth-order valence-electron chi connectivity index (χ4n) is 3.26. The SMILES string of the molecule is CC1(C)OC2[C@H](O[C@H]([C@@H]3COC(=O)O3)[C@H]2OCc2ccccc2)O1. The van der Waals surface area contributed by atoms with Crippen molar-refractivity contribution in [2.24, 2.45) is 0 Å². The average molecular weight is 336 g/mol. The van der Waals surface area contributed by atoms with Gasteiger partial charge in [0.1, 0.15) is 24.9 Å². The number of rotatable bonds is 4. The highest BCUT2D eigenvalue weighted by molar-refractivity contribution is 5.62. The van der Waals surface area contributed by atoms with Crippen LogP contribution in [-0.4, -0.2) is 49.3 Å². The molecule has 7 nitrogen and oxygen atoms in total. The van der Waals surface area contributed by atoms with Crippen LogP contribution in [0, 0.1) is 0 Å². The second-order valence-corrected chi connectivity index (χ2v) is 6.55. The molecule has 1 aromatic rings. The molecule has 3 heterocycles. The largest absolute Gasteiger partial charge is 0.508 e. The van der Waals surface area contributed by atoms with Crippen molar-refractivity contribution in [3.05, 3.63) is 35.9 Å². The molecule has 3 saturated heterocycles. The van der Waals surface area contributed by atoms with Gasteiger partial charge in [0.25, 0.3) is 0 Å². The second kappa shape index (κ2) is 6.00. The lowest BCUT2D eigenvalue weighted by molar-refractivity contribution is -0.228. The van der Waals surface area contributed by atoms with Crippen LogP contribution in [0.1, 0.15) is 19.4 Å². The normalized spacial score (nSPS) is 37.1. The standard InChI is InChI=1S/C17H20O7/c1-17(2)23-14-13(19-8-10-6-4-3-5-7-10)12(22-15(14)24-17)11-9-20-16(18)21-11/h3-7,11-15H,8-9H2,1-2H3/t11-,12+,13+,14?,15+/m0/s1. The fraction of sp³-hybridized carbons (Fsp3) is 0.588. The van der Waals surface area contributed by atoms with Crippen molar-refractivity contribution in [1.29, 1.82) is 0 Å². The van der Waals surface area contributed by atoms with Gasteiger partial charge in [0.05, 0.1) is 6.61 Å². The van der Waals surface area contributed by atoms with Gasteiger partial charge in [0.2, 0.25) is 0 Å². The molecule has 24 heavy (non-hydrogen) atoms. The zero-order valence-corrected chi connectivity index (χ0v) is 13.5. The van der Waals surface area contributed by atoms with Crippen molar-refractivity contribution in [2.45, 2.75) is 56.9 Å². The summed E-state index contributed by atoms with van der Waals surface area (Å²) in [7, 11) is 0. The molecule has 0 radical (unpaired) electrons. The van der Waals surface area contributed by atoms with Gasteiger partial charge in [-0.1, -0.05) is 30.3 Å². The van der Waals surface area contributed by atoms with Crippen molar-refractivity contribution in [3.63, 3.8) is 0 Å². The summed E-state index contributed by atoms with van der Waals surface area (Å²) in [6.45, 7) is 4.20. The molecule has 1 aromatic carbocycles. The Bertz CT molecular complexity index is 602. The Labute approximate surface area is 139 Å². The maximum absolute atomic E-state index is 11.2. The highest BCUT2D eigenvalue weighted by atomic mass is 16.8. The Kier molecular flexibility index (Phi) is 3.96. The van der Waals surface area contributed by atoms with E-state index in [1.165, 1.54) is 0 Å². The molecule has 3 aliphatic heterocycles. The number of ether oxygens (including phenoxy) is 6. The van der Waals surface area contributed by atoms with Crippen LogP contribution < -0.4 is 0 Å². The molecule has 0 aliphatic carbocycles. The summed E-state index contributed by atoms with van der Waals surface area (Å²) in [6.07, 6.45) is -3.07. The summed E-state index contributed by atoms with van der Waals surface area (Å²) in [5, 5.41) is 0. The van der Waals surface area contributed by atoms with Crippen LogP contribution in [0.4, 0.5) is 4.79 Å². The topological polar surface area (TPSA) is 72.5 Å². The number of carbonyl (C=O) groups excluding carboxylic acids is 1. The molecular formula is C17H20O7. The molecule has 0 bridgehead atoms. The van der Waals surface area contributed by atoms with Crippen LogP contribution in [0.2, 0.25) is 0 Å². The van der Waals surface area contributed by atoms with Crippen LogP contribution in [0.15, 0.2) is 30.3 Å². The number of fused-ring (bicyclic) bond motifs is 1. The van der Waals surface area contributed by atoms with Gasteiger partial charge in [0, 0.05) is 0 Å². The number of hydrogen-bond donors (Lipinski definition) is 0. The minimum atomic E-state index is -0.739. The molecule has 7 heteroatoms. The first-order valence-electron chi connectivity index (χ1n) is 8.02. The minimum Gasteiger partial charge on any atom is -0.430 e. The Hall–Kier alpha value is -1.67. The van der Waals surface area contributed by atoms with E-state index in [-0.39, 0.29) is 12.7 Å². The average Bonchev–Trinajstić information content (AvgIpc) is 3.18. The summed E-state index contributed by atoms with van der Waals surface area (Å²) in [5.41, 5.74) is 1.04. The highest BCUT2D eigenvalue weighted by Crippen LogP contribution is 2.41. The summed E-state index contributed by atoms with van der Waals surface area (Å²) in [6, 6.07) is 9.82. The Morgan fingerprint density at radius 1 is 1.17 bits per heavy atom. The molecule has 1 unspecified atom stereocenters. The molecule has 130 valence electrons. The van der Waals surface area contributed by atoms with E-state index in [4.69, 9.17) is 28.4 Å². The Balaban J connectivity index is 1.50. The van der Waals surface area contributed by atoms with Crippen LogP contribution in [0.3, 0.4) is 0 Å². The van der Waals surface area contributed by atoms with Gasteiger partial charge in [-0.25, -0.2) is 4.79 Å². The molecule has 0 N–H and O–H groups in total. The number of carbonyl (C=O) groups is 1. The predicted octanol–water partition coefficient (Wildman–Crippen LogP) is 1.98. The quantitative estimate of drug-likeness (QED) is 0.779. The molecule has 4 rings (SSSR count). The number of benzene rings is 1. The maximum atomic E-state index is 11.2. The van der Waals surface area contributed by atoms with Crippen molar-refractivity contribution in [3.8, 4) is 0 Å². The Morgan fingerprint density at radius 3 is 2.67 bits per heavy atom. The van der Waals surface area contributed by atoms with Crippen LogP contribution in [-0.2, 0) is 35.0 Å². The van der Waals surface area contributed by atoms with E-state index in [9.17, 15) is 4.79 Å². The summed E-state index contributed by atoms with van der Waals surface area (Å²) in [5.74, 6) is -0.739. The lowest BCUT2D eigenvalue weighted by Crippen LogP contribution is -2.43. The van der Waals surface area contributed by atoms with Crippen LogP contribution in [0.25, 0.3) is 0 Å². The third-order valence-electron chi connectivity index (χ3n) is 4.29. The van der Waals surface area contributed by atoms with E-state index >= 15 is 0 Å². The third-order valence-corrected chi connectivity index (χ3v) is 4.29. The molecule has 0 aromatic heterocycles. The fourth-order valence-corrected chi connectivity index (χ4v) is 3.26. The summed E-state index contributed by atoms with van der Waals surface area (Å²) < 4.78 is 33.7. The van der Waals surface area contributed by atoms with Gasteiger partial charge in [-0.3, -0.25) is 0 Å². The summed E-state index contributed by atoms with van der Waals surface area (Å²) >= 11 is 0. The first-order valence-corrected chi connectivity index (χ1v) is 8.02. The molecule has 3 fully saturated rings. The predicted molar refractivity (Wildman–Crippen MR) is 79.9 cm³/mol. The molecule has 5 atom stereocenters. The molecular weight excluding hydrogens is 316 g/mol. The van der Waals surface area contributed by atoms with E-state index in [1.807, 2.05) is 44.2 Å². The monoisotopic (exact) mass is 336 g/mol. The van der Waals surface area contributed by atoms with Gasteiger partial charge >= 0.3 is 6.16 Å².